The van der Waals surface area contributed by atoms with Crippen LogP contribution < -0.4 is 11.5 Å². The second-order valence-corrected chi connectivity index (χ2v) is 8.43. The van der Waals surface area contributed by atoms with E-state index in [2.05, 4.69) is 4.98 Å². The molecule has 0 atom stereocenters. The average Bonchev–Trinajstić information content (AvgIpc) is 3.07. The van der Waals surface area contributed by atoms with Crippen LogP contribution in [0.5, 0.6) is 0 Å². The van der Waals surface area contributed by atoms with Gasteiger partial charge in [-0.15, -0.1) is 0 Å². The predicted molar refractivity (Wildman–Crippen MR) is 102 cm³/mol. The molecule has 0 spiro atoms. The van der Waals surface area contributed by atoms with Gasteiger partial charge < -0.3 is 15.1 Å². The molecule has 2 aromatic carbocycles. The minimum absolute atomic E-state index is 0.0426. The third-order valence-electron chi connectivity index (χ3n) is 4.71. The first-order valence-corrected chi connectivity index (χ1v) is 10.1. The fraction of sp³-hybridized carbons (Fsp3) is 0.222. The zero-order valence-corrected chi connectivity index (χ0v) is 15.6. The van der Waals surface area contributed by atoms with Crippen LogP contribution in [0.4, 0.5) is 5.69 Å². The number of aromatic amines is 1. The van der Waals surface area contributed by atoms with Gasteiger partial charge in [-0.05, 0) is 36.4 Å². The Hall–Kier alpha value is -3.11. The van der Waals surface area contributed by atoms with Gasteiger partial charge in [-0.3, -0.25) is 9.78 Å². The summed E-state index contributed by atoms with van der Waals surface area (Å²) < 4.78 is 32.1. The number of carbonyl (C=O) groups excluding carboxylic acids is 1. The lowest BCUT2D eigenvalue weighted by atomic mass is 10.1. The number of rotatable bonds is 3. The molecule has 10 heteroatoms. The molecule has 0 bridgehead atoms. The summed E-state index contributed by atoms with van der Waals surface area (Å²) in [6, 6.07) is 10.9. The molecular weight excluding hydrogens is 384 g/mol. The van der Waals surface area contributed by atoms with E-state index < -0.39 is 15.8 Å². The zero-order chi connectivity index (χ0) is 19.9. The lowest BCUT2D eigenvalue weighted by molar-refractivity contribution is 0.0698. The molecule has 1 aliphatic heterocycles. The zero-order valence-electron chi connectivity index (χ0n) is 14.8. The normalized spacial score (nSPS) is 15.8. The molecule has 0 aliphatic carbocycles. The molecular formula is C18H18N4O5S. The quantitative estimate of drug-likeness (QED) is 0.625. The van der Waals surface area contributed by atoms with E-state index in [9.17, 15) is 18.0 Å². The van der Waals surface area contributed by atoms with E-state index in [1.807, 2.05) is 0 Å². The number of aromatic nitrogens is 1. The maximum Gasteiger partial charge on any atom is 0.417 e. The summed E-state index contributed by atoms with van der Waals surface area (Å²) in [4.78, 5) is 27.9. The number of nitrogens with two attached hydrogens (primary N) is 1. The SMILES string of the molecule is Nc1ccc(C(=O)N2CCN(S(=O)(=O)c3ccc4[nH]c(=O)oc4c3)CC2)cc1. The summed E-state index contributed by atoms with van der Waals surface area (Å²) in [5, 5.41) is 0. The van der Waals surface area contributed by atoms with Gasteiger partial charge in [0.15, 0.2) is 5.58 Å². The number of H-pyrrole nitrogens is 1. The molecule has 3 aromatic rings. The number of carbonyl (C=O) groups is 1. The number of sulfonamides is 1. The molecule has 1 saturated heterocycles. The van der Waals surface area contributed by atoms with Crippen molar-refractivity contribution < 1.29 is 17.6 Å². The van der Waals surface area contributed by atoms with Gasteiger partial charge in [-0.2, -0.15) is 4.31 Å². The fourth-order valence-electron chi connectivity index (χ4n) is 3.18. The monoisotopic (exact) mass is 402 g/mol. The fourth-order valence-corrected chi connectivity index (χ4v) is 4.61. The number of anilines is 1. The minimum Gasteiger partial charge on any atom is -0.408 e. The molecule has 146 valence electrons. The van der Waals surface area contributed by atoms with Crippen molar-refractivity contribution in [2.75, 3.05) is 31.9 Å². The molecule has 28 heavy (non-hydrogen) atoms. The van der Waals surface area contributed by atoms with Gasteiger partial charge in [0.05, 0.1) is 10.4 Å². The number of nitrogens with one attached hydrogen (secondary N) is 1. The highest BCUT2D eigenvalue weighted by Crippen LogP contribution is 2.22. The van der Waals surface area contributed by atoms with Crippen molar-refractivity contribution in [3.63, 3.8) is 0 Å². The first-order valence-electron chi connectivity index (χ1n) is 8.62. The van der Waals surface area contributed by atoms with E-state index in [1.165, 1.54) is 22.5 Å². The summed E-state index contributed by atoms with van der Waals surface area (Å²) >= 11 is 0. The molecule has 1 amide bonds. The number of nitrogen functional groups attached to an aromatic ring is 1. The van der Waals surface area contributed by atoms with Gasteiger partial charge in [-0.25, -0.2) is 13.2 Å². The Morgan fingerprint density at radius 3 is 2.39 bits per heavy atom. The third kappa shape index (κ3) is 3.27. The smallest absolute Gasteiger partial charge is 0.408 e. The van der Waals surface area contributed by atoms with Crippen molar-refractivity contribution in [1.82, 2.24) is 14.2 Å². The first-order chi connectivity index (χ1) is 13.3. The second kappa shape index (κ2) is 6.80. The van der Waals surface area contributed by atoms with Crippen molar-refractivity contribution in [2.45, 2.75) is 4.90 Å². The van der Waals surface area contributed by atoms with Crippen LogP contribution in [0, 0.1) is 0 Å². The molecule has 0 saturated carbocycles. The van der Waals surface area contributed by atoms with Crippen LogP contribution in [0.25, 0.3) is 11.1 Å². The average molecular weight is 402 g/mol. The van der Waals surface area contributed by atoms with Crippen LogP contribution in [0.1, 0.15) is 10.4 Å². The number of hydrogen-bond donors (Lipinski definition) is 2. The number of hydrogen-bond acceptors (Lipinski definition) is 6. The lowest BCUT2D eigenvalue weighted by Gasteiger charge is -2.34. The topological polar surface area (TPSA) is 130 Å². The summed E-state index contributed by atoms with van der Waals surface area (Å²) in [7, 11) is -3.76. The molecule has 9 nitrogen and oxygen atoms in total. The highest BCUT2D eigenvalue weighted by molar-refractivity contribution is 7.89. The second-order valence-electron chi connectivity index (χ2n) is 6.49. The Morgan fingerprint density at radius 1 is 1.04 bits per heavy atom. The molecule has 0 radical (unpaired) electrons. The minimum atomic E-state index is -3.76. The van der Waals surface area contributed by atoms with Crippen molar-refractivity contribution in [3.8, 4) is 0 Å². The van der Waals surface area contributed by atoms with E-state index >= 15 is 0 Å². The van der Waals surface area contributed by atoms with Gasteiger partial charge in [0.2, 0.25) is 10.0 Å². The molecule has 1 fully saturated rings. The van der Waals surface area contributed by atoms with Crippen molar-refractivity contribution in [3.05, 3.63) is 58.6 Å². The first kappa shape index (κ1) is 18.3. The van der Waals surface area contributed by atoms with E-state index in [0.29, 0.717) is 16.8 Å². The van der Waals surface area contributed by atoms with Crippen molar-refractivity contribution in [2.24, 2.45) is 0 Å². The highest BCUT2D eigenvalue weighted by atomic mass is 32.2. The number of benzene rings is 2. The van der Waals surface area contributed by atoms with Crippen LogP contribution in [-0.2, 0) is 10.0 Å². The number of fused-ring (bicyclic) bond motifs is 1. The van der Waals surface area contributed by atoms with Crippen LogP contribution in [0.2, 0.25) is 0 Å². The predicted octanol–water partition coefficient (Wildman–Crippen LogP) is 0.850. The van der Waals surface area contributed by atoms with Crippen LogP contribution >= 0.6 is 0 Å². The molecule has 1 aliphatic rings. The Morgan fingerprint density at radius 2 is 1.71 bits per heavy atom. The summed E-state index contributed by atoms with van der Waals surface area (Å²) in [6.07, 6.45) is 0. The van der Waals surface area contributed by atoms with Crippen molar-refractivity contribution in [1.29, 1.82) is 0 Å². The maximum absolute atomic E-state index is 12.9. The lowest BCUT2D eigenvalue weighted by Crippen LogP contribution is -2.50. The Bertz CT molecular complexity index is 1190. The van der Waals surface area contributed by atoms with E-state index in [-0.39, 0.29) is 42.6 Å². The maximum atomic E-state index is 12.9. The van der Waals surface area contributed by atoms with Gasteiger partial charge in [0.1, 0.15) is 0 Å². The van der Waals surface area contributed by atoms with E-state index in [1.54, 1.807) is 29.2 Å². The van der Waals surface area contributed by atoms with Crippen molar-refractivity contribution >= 4 is 32.7 Å². The number of oxazole rings is 1. The molecule has 1 aromatic heterocycles. The Labute approximate surface area is 160 Å². The van der Waals surface area contributed by atoms with E-state index in [0.717, 1.165) is 0 Å². The van der Waals surface area contributed by atoms with Crippen LogP contribution in [0.3, 0.4) is 0 Å². The molecule has 4 rings (SSSR count). The molecule has 2 heterocycles. The Balaban J connectivity index is 1.49. The summed E-state index contributed by atoms with van der Waals surface area (Å²) in [6.45, 7) is 0.921. The number of nitrogens with zero attached hydrogens (tertiary/aromatic N) is 2. The van der Waals surface area contributed by atoms with Crippen LogP contribution in [0.15, 0.2) is 56.6 Å². The Kier molecular flexibility index (Phi) is 4.44. The largest absolute Gasteiger partial charge is 0.417 e. The standard InChI is InChI=1S/C18H18N4O5S/c19-13-3-1-12(2-4-13)17(23)21-7-9-22(10-8-21)28(25,26)14-5-6-15-16(11-14)27-18(24)20-15/h1-6,11H,7-10,19H2,(H,20,24). The molecule has 0 unspecified atom stereocenters. The van der Waals surface area contributed by atoms with E-state index in [4.69, 9.17) is 10.2 Å². The number of amides is 1. The molecule has 3 N–H and O–H groups in total. The van der Waals surface area contributed by atoms with Gasteiger partial charge in [0, 0.05) is 43.5 Å². The van der Waals surface area contributed by atoms with Gasteiger partial charge >= 0.3 is 5.76 Å². The third-order valence-corrected chi connectivity index (χ3v) is 6.61. The van der Waals surface area contributed by atoms with Gasteiger partial charge in [0.25, 0.3) is 5.91 Å². The number of piperazine rings is 1. The van der Waals surface area contributed by atoms with Gasteiger partial charge in [-0.1, -0.05) is 0 Å². The summed E-state index contributed by atoms with van der Waals surface area (Å²) in [5.41, 5.74) is 7.34. The highest BCUT2D eigenvalue weighted by Gasteiger charge is 2.30. The summed E-state index contributed by atoms with van der Waals surface area (Å²) in [5.74, 6) is -0.799. The van der Waals surface area contributed by atoms with Crippen LogP contribution in [-0.4, -0.2) is 54.7 Å².